The number of nitrogens with one attached hydrogen (secondary N) is 3. The van der Waals surface area contributed by atoms with Crippen molar-refractivity contribution in [2.75, 3.05) is 5.32 Å². The van der Waals surface area contributed by atoms with Crippen molar-refractivity contribution in [2.45, 2.75) is 104 Å². The first-order chi connectivity index (χ1) is 20.0. The summed E-state index contributed by atoms with van der Waals surface area (Å²) < 4.78 is 30.1. The zero-order valence-electron chi connectivity index (χ0n) is 26.3. The van der Waals surface area contributed by atoms with Gasteiger partial charge >= 0.3 is 0 Å². The first-order valence-corrected chi connectivity index (χ1v) is 16.4. The molecule has 0 atom stereocenters. The van der Waals surface area contributed by atoms with E-state index in [1.807, 2.05) is 25.5 Å². The summed E-state index contributed by atoms with van der Waals surface area (Å²) in [5.74, 6) is 0.299. The molecule has 0 bridgehead atoms. The highest BCUT2D eigenvalue weighted by atomic mass is 32.2. The maximum atomic E-state index is 13.0. The second-order valence-corrected chi connectivity index (χ2v) is 15.8. The number of sulfonamides is 1. The fourth-order valence-corrected chi connectivity index (χ4v) is 6.63. The summed E-state index contributed by atoms with van der Waals surface area (Å²) in [5.41, 5.74) is 1.31. The van der Waals surface area contributed by atoms with Crippen molar-refractivity contribution in [2.24, 2.45) is 16.7 Å². The Balaban J connectivity index is 1.42. The Hall–Kier alpha value is -3.54. The predicted molar refractivity (Wildman–Crippen MR) is 167 cm³/mol. The molecule has 2 heterocycles. The Bertz CT molecular complexity index is 1580. The number of aryl methyl sites for hydroxylation is 1. The molecular formula is C31H45N7O4S. The number of fused-ring (bicyclic) bond motifs is 1. The van der Waals surface area contributed by atoms with Gasteiger partial charge in [-0.2, -0.15) is 10.1 Å². The lowest BCUT2D eigenvalue weighted by atomic mass is 9.85. The van der Waals surface area contributed by atoms with Gasteiger partial charge in [0, 0.05) is 37.3 Å². The van der Waals surface area contributed by atoms with E-state index in [2.05, 4.69) is 51.2 Å². The van der Waals surface area contributed by atoms with E-state index in [9.17, 15) is 18.0 Å². The fourth-order valence-electron chi connectivity index (χ4n) is 5.37. The van der Waals surface area contributed by atoms with Gasteiger partial charge in [0.25, 0.3) is 10.0 Å². The average molecular weight is 612 g/mol. The Labute approximate surface area is 254 Å². The smallest absolute Gasteiger partial charge is 0.264 e. The SMILES string of the molecule is Cc1ccc(Nc2ncc3cnn(C[C@H]4CC[C@@H](NC(=O)CC(C)(C)C)CC4)c3n2)cc1S(=O)(=O)NC(=O)CC(C)(C)C. The number of carbonyl (C=O) groups is 2. The van der Waals surface area contributed by atoms with Gasteiger partial charge in [0.1, 0.15) is 0 Å². The average Bonchev–Trinajstić information content (AvgIpc) is 3.25. The standard InChI is InChI=1S/C31H45N7O4S/c1-20-8-11-24(14-25(20)43(41,42)37-27(40)16-31(5,6)7)35-29-32-17-22-18-33-38(28(22)36-29)19-21-9-12-23(13-10-21)34-26(39)15-30(2,3)4/h8,11,14,17-18,21,23H,9-10,12-13,15-16,19H2,1-7H3,(H,34,39)(H,37,40)(H,32,35,36)/t21-,23+. The van der Waals surface area contributed by atoms with Gasteiger partial charge < -0.3 is 10.6 Å². The van der Waals surface area contributed by atoms with Crippen LogP contribution in [0.2, 0.25) is 0 Å². The molecule has 0 radical (unpaired) electrons. The quantitative estimate of drug-likeness (QED) is 0.298. The van der Waals surface area contributed by atoms with Crippen LogP contribution in [0.15, 0.2) is 35.5 Å². The number of rotatable bonds is 9. The molecule has 1 aliphatic rings. The second kappa shape index (κ2) is 12.6. The van der Waals surface area contributed by atoms with Crippen LogP contribution in [0, 0.1) is 23.7 Å². The van der Waals surface area contributed by atoms with Crippen LogP contribution in [0.25, 0.3) is 11.0 Å². The maximum Gasteiger partial charge on any atom is 0.264 e. The fraction of sp³-hybridized carbons (Fsp3) is 0.581. The van der Waals surface area contributed by atoms with Crippen molar-refractivity contribution < 1.29 is 18.0 Å². The molecular weight excluding hydrogens is 566 g/mol. The number of hydrogen-bond donors (Lipinski definition) is 3. The van der Waals surface area contributed by atoms with Gasteiger partial charge in [0.2, 0.25) is 17.8 Å². The third-order valence-electron chi connectivity index (χ3n) is 7.38. The van der Waals surface area contributed by atoms with Gasteiger partial charge in [-0.05, 0) is 67.1 Å². The van der Waals surface area contributed by atoms with Crippen LogP contribution in [-0.4, -0.2) is 46.0 Å². The minimum Gasteiger partial charge on any atom is -0.353 e. The number of carbonyl (C=O) groups excluding carboxylic acids is 2. The topological polar surface area (TPSA) is 148 Å². The van der Waals surface area contributed by atoms with Crippen LogP contribution in [-0.2, 0) is 26.2 Å². The molecule has 0 saturated heterocycles. The second-order valence-electron chi connectivity index (χ2n) is 14.2. The number of nitrogens with zero attached hydrogens (tertiary/aromatic N) is 4. The third-order valence-corrected chi connectivity index (χ3v) is 8.90. The zero-order valence-corrected chi connectivity index (χ0v) is 27.1. The van der Waals surface area contributed by atoms with Gasteiger partial charge in [0.15, 0.2) is 5.65 Å². The summed E-state index contributed by atoms with van der Waals surface area (Å²) in [6, 6.07) is 5.12. The number of aromatic nitrogens is 4. The highest BCUT2D eigenvalue weighted by molar-refractivity contribution is 7.90. The number of amides is 2. The van der Waals surface area contributed by atoms with Crippen molar-refractivity contribution >= 4 is 44.5 Å². The third kappa shape index (κ3) is 9.22. The Morgan fingerprint density at radius 2 is 1.60 bits per heavy atom. The molecule has 3 N–H and O–H groups in total. The van der Waals surface area contributed by atoms with Crippen LogP contribution in [0.4, 0.5) is 11.6 Å². The highest BCUT2D eigenvalue weighted by Gasteiger charge is 2.26. The molecule has 1 aliphatic carbocycles. The van der Waals surface area contributed by atoms with Crippen LogP contribution in [0.5, 0.6) is 0 Å². The molecule has 43 heavy (non-hydrogen) atoms. The van der Waals surface area contributed by atoms with Crippen molar-refractivity contribution in [3.05, 3.63) is 36.2 Å². The first-order valence-electron chi connectivity index (χ1n) is 14.9. The van der Waals surface area contributed by atoms with Gasteiger partial charge in [-0.1, -0.05) is 47.6 Å². The molecule has 2 amide bonds. The first kappa shape index (κ1) is 32.4. The van der Waals surface area contributed by atoms with Crippen LogP contribution >= 0.6 is 0 Å². The lowest BCUT2D eigenvalue weighted by Gasteiger charge is -2.30. The summed E-state index contributed by atoms with van der Waals surface area (Å²) in [5, 5.41) is 11.7. The predicted octanol–water partition coefficient (Wildman–Crippen LogP) is 5.23. The molecule has 12 heteroatoms. The molecule has 11 nitrogen and oxygen atoms in total. The van der Waals surface area contributed by atoms with E-state index in [4.69, 9.17) is 0 Å². The van der Waals surface area contributed by atoms with Crippen molar-refractivity contribution in [3.63, 3.8) is 0 Å². The van der Waals surface area contributed by atoms with Gasteiger partial charge in [-0.15, -0.1) is 0 Å². The van der Waals surface area contributed by atoms with Crippen LogP contribution in [0.3, 0.4) is 0 Å². The van der Waals surface area contributed by atoms with E-state index in [0.29, 0.717) is 41.7 Å². The van der Waals surface area contributed by atoms with E-state index in [0.717, 1.165) is 31.1 Å². The van der Waals surface area contributed by atoms with E-state index >= 15 is 0 Å². The highest BCUT2D eigenvalue weighted by Crippen LogP contribution is 2.28. The van der Waals surface area contributed by atoms with Gasteiger partial charge in [-0.25, -0.2) is 22.8 Å². The molecule has 0 unspecified atom stereocenters. The van der Waals surface area contributed by atoms with Crippen LogP contribution < -0.4 is 15.4 Å². The van der Waals surface area contributed by atoms with E-state index in [1.54, 1.807) is 31.5 Å². The Morgan fingerprint density at radius 3 is 2.26 bits per heavy atom. The lowest BCUT2D eigenvalue weighted by Crippen LogP contribution is -2.39. The summed E-state index contributed by atoms with van der Waals surface area (Å²) in [7, 11) is -4.06. The normalized spacial score (nSPS) is 17.9. The van der Waals surface area contributed by atoms with Gasteiger partial charge in [0.05, 0.1) is 16.5 Å². The van der Waals surface area contributed by atoms with E-state index in [1.165, 1.54) is 6.07 Å². The summed E-state index contributed by atoms with van der Waals surface area (Å²) in [4.78, 5) is 33.8. The lowest BCUT2D eigenvalue weighted by molar-refractivity contribution is -0.124. The van der Waals surface area contributed by atoms with Crippen LogP contribution in [0.1, 0.15) is 85.6 Å². The Kier molecular flexibility index (Phi) is 9.48. The molecule has 2 aromatic heterocycles. The van der Waals surface area contributed by atoms with E-state index < -0.39 is 15.9 Å². The zero-order chi connectivity index (χ0) is 31.6. The molecule has 1 aromatic carbocycles. The minimum absolute atomic E-state index is 0.0103. The largest absolute Gasteiger partial charge is 0.353 e. The van der Waals surface area contributed by atoms with Crippen molar-refractivity contribution in [1.29, 1.82) is 0 Å². The maximum absolute atomic E-state index is 13.0. The molecule has 1 fully saturated rings. The monoisotopic (exact) mass is 611 g/mol. The van der Waals surface area contributed by atoms with Crippen molar-refractivity contribution in [3.8, 4) is 0 Å². The molecule has 0 spiro atoms. The minimum atomic E-state index is -4.06. The van der Waals surface area contributed by atoms with Crippen molar-refractivity contribution in [1.82, 2.24) is 29.8 Å². The number of hydrogen-bond acceptors (Lipinski definition) is 8. The molecule has 0 aliphatic heterocycles. The number of anilines is 2. The molecule has 1 saturated carbocycles. The molecule has 234 valence electrons. The Morgan fingerprint density at radius 1 is 0.953 bits per heavy atom. The molecule has 3 aromatic rings. The summed E-state index contributed by atoms with van der Waals surface area (Å²) >= 11 is 0. The van der Waals surface area contributed by atoms with Gasteiger partial charge in [-0.3, -0.25) is 9.59 Å². The summed E-state index contributed by atoms with van der Waals surface area (Å²) in [6.45, 7) is 14.2. The molecule has 4 rings (SSSR count). The van der Waals surface area contributed by atoms with E-state index in [-0.39, 0.29) is 34.1 Å². The summed E-state index contributed by atoms with van der Waals surface area (Å²) in [6.07, 6.45) is 7.91. The number of benzene rings is 1.